The van der Waals surface area contributed by atoms with Crippen molar-refractivity contribution in [1.82, 2.24) is 0 Å². The maximum Gasteiger partial charge on any atom is 0.344 e. The number of benzene rings is 3. The standard InChI is InChI=1S/C25H15NO9/c27-16-10-9-12(11-15(16)26(32)33)19(20-22(28)13-5-1-3-7-17(13)34-24(20)30)21-23(29)14-6-2-4-8-18(14)35-25(21)31/h1-11,19,27-29H. The normalized spacial score (nSPS) is 11.3. The van der Waals surface area contributed by atoms with E-state index in [1.54, 1.807) is 24.3 Å². The van der Waals surface area contributed by atoms with E-state index in [0.717, 1.165) is 12.1 Å². The number of nitro groups is 1. The molecule has 0 amide bonds. The van der Waals surface area contributed by atoms with E-state index in [-0.39, 0.29) is 27.5 Å². The van der Waals surface area contributed by atoms with Crippen LogP contribution in [0, 0.1) is 10.1 Å². The number of hydrogen-bond donors (Lipinski definition) is 3. The zero-order chi connectivity index (χ0) is 24.9. The fourth-order valence-electron chi connectivity index (χ4n) is 4.15. The molecule has 0 saturated carbocycles. The van der Waals surface area contributed by atoms with Crippen LogP contribution >= 0.6 is 0 Å². The fourth-order valence-corrected chi connectivity index (χ4v) is 4.15. The molecule has 0 saturated heterocycles. The van der Waals surface area contributed by atoms with Gasteiger partial charge in [-0.05, 0) is 35.9 Å². The summed E-state index contributed by atoms with van der Waals surface area (Å²) in [6.45, 7) is 0. The van der Waals surface area contributed by atoms with Crippen molar-refractivity contribution in [1.29, 1.82) is 0 Å². The molecule has 10 nitrogen and oxygen atoms in total. The first kappa shape index (κ1) is 21.7. The molecule has 35 heavy (non-hydrogen) atoms. The Kier molecular flexibility index (Phi) is 4.98. The molecule has 2 heterocycles. The number of hydrogen-bond acceptors (Lipinski definition) is 9. The van der Waals surface area contributed by atoms with Crippen molar-refractivity contribution in [3.05, 3.63) is 114 Å². The Bertz CT molecular complexity index is 1670. The lowest BCUT2D eigenvalue weighted by Crippen LogP contribution is -2.21. The average Bonchev–Trinajstić information content (AvgIpc) is 2.83. The van der Waals surface area contributed by atoms with E-state index in [2.05, 4.69) is 0 Å². The van der Waals surface area contributed by atoms with E-state index < -0.39 is 56.2 Å². The van der Waals surface area contributed by atoms with Gasteiger partial charge >= 0.3 is 16.9 Å². The minimum absolute atomic E-state index is 0.0507. The summed E-state index contributed by atoms with van der Waals surface area (Å²) in [5.41, 5.74) is -3.56. The molecule has 0 aliphatic heterocycles. The predicted octanol–water partition coefficient (Wildman–Crippen LogP) is 4.10. The van der Waals surface area contributed by atoms with Gasteiger partial charge in [-0.1, -0.05) is 30.3 Å². The lowest BCUT2D eigenvalue weighted by Gasteiger charge is -2.19. The number of aromatic hydroxyl groups is 3. The second-order valence-corrected chi connectivity index (χ2v) is 7.73. The van der Waals surface area contributed by atoms with Gasteiger partial charge in [0.25, 0.3) is 0 Å². The van der Waals surface area contributed by atoms with Crippen LogP contribution in [0.2, 0.25) is 0 Å². The van der Waals surface area contributed by atoms with Crippen LogP contribution in [0.4, 0.5) is 5.69 Å². The summed E-state index contributed by atoms with van der Waals surface area (Å²) in [4.78, 5) is 36.8. The quantitative estimate of drug-likeness (QED) is 0.198. The first-order chi connectivity index (χ1) is 16.8. The maximum atomic E-state index is 13.1. The van der Waals surface area contributed by atoms with Crippen molar-refractivity contribution >= 4 is 27.6 Å². The Morgan fingerprint density at radius 2 is 1.23 bits per heavy atom. The minimum Gasteiger partial charge on any atom is -0.507 e. The van der Waals surface area contributed by atoms with Crippen molar-refractivity contribution in [2.75, 3.05) is 0 Å². The summed E-state index contributed by atoms with van der Waals surface area (Å²) in [6.07, 6.45) is 0. The lowest BCUT2D eigenvalue weighted by molar-refractivity contribution is -0.385. The summed E-state index contributed by atoms with van der Waals surface area (Å²) in [6, 6.07) is 15.4. The third-order valence-corrected chi connectivity index (χ3v) is 5.75. The van der Waals surface area contributed by atoms with Gasteiger partial charge in [0.1, 0.15) is 22.7 Å². The Morgan fingerprint density at radius 3 is 1.71 bits per heavy atom. The molecular formula is C25H15NO9. The molecule has 0 fully saturated rings. The van der Waals surface area contributed by atoms with Crippen LogP contribution in [0.3, 0.4) is 0 Å². The van der Waals surface area contributed by atoms with Gasteiger partial charge in [0.05, 0.1) is 32.7 Å². The van der Waals surface area contributed by atoms with E-state index in [1.165, 1.54) is 30.3 Å². The predicted molar refractivity (Wildman–Crippen MR) is 124 cm³/mol. The molecule has 0 radical (unpaired) electrons. The smallest absolute Gasteiger partial charge is 0.344 e. The Morgan fingerprint density at radius 1 is 0.743 bits per heavy atom. The van der Waals surface area contributed by atoms with Gasteiger partial charge in [0, 0.05) is 6.07 Å². The molecule has 174 valence electrons. The number of rotatable bonds is 4. The van der Waals surface area contributed by atoms with Crippen LogP contribution in [0.15, 0.2) is 85.2 Å². The van der Waals surface area contributed by atoms with Gasteiger partial charge in [-0.25, -0.2) is 9.59 Å². The topological polar surface area (TPSA) is 164 Å². The highest BCUT2D eigenvalue weighted by molar-refractivity contribution is 5.87. The van der Waals surface area contributed by atoms with Crippen molar-refractivity contribution in [3.63, 3.8) is 0 Å². The first-order valence-corrected chi connectivity index (χ1v) is 10.2. The molecule has 0 aliphatic carbocycles. The number of para-hydroxylation sites is 2. The van der Waals surface area contributed by atoms with E-state index >= 15 is 0 Å². The first-order valence-electron chi connectivity index (χ1n) is 10.2. The molecule has 3 N–H and O–H groups in total. The molecule has 10 heteroatoms. The largest absolute Gasteiger partial charge is 0.507 e. The number of nitrogens with zero attached hydrogens (tertiary/aromatic N) is 1. The molecule has 0 unspecified atom stereocenters. The number of nitro benzene ring substituents is 1. The lowest BCUT2D eigenvalue weighted by atomic mass is 9.84. The molecule has 3 aromatic carbocycles. The van der Waals surface area contributed by atoms with Crippen molar-refractivity contribution < 1.29 is 29.1 Å². The van der Waals surface area contributed by atoms with Crippen LogP contribution in [-0.4, -0.2) is 20.2 Å². The Hall–Kier alpha value is -5.12. The van der Waals surface area contributed by atoms with Crippen LogP contribution < -0.4 is 11.3 Å². The minimum atomic E-state index is -1.55. The highest BCUT2D eigenvalue weighted by atomic mass is 16.6. The highest BCUT2D eigenvalue weighted by Crippen LogP contribution is 2.43. The third kappa shape index (κ3) is 3.44. The van der Waals surface area contributed by atoms with Gasteiger partial charge in [-0.2, -0.15) is 0 Å². The third-order valence-electron chi connectivity index (χ3n) is 5.75. The number of phenols is 1. The molecular weight excluding hydrogens is 458 g/mol. The number of phenolic OH excluding ortho intramolecular Hbond substituents is 1. The van der Waals surface area contributed by atoms with Crippen LogP contribution in [-0.2, 0) is 0 Å². The zero-order valence-corrected chi connectivity index (χ0v) is 17.7. The van der Waals surface area contributed by atoms with Crippen LogP contribution in [0.5, 0.6) is 17.2 Å². The molecule has 5 rings (SSSR count). The molecule has 0 aliphatic rings. The molecule has 2 aromatic heterocycles. The molecule has 0 atom stereocenters. The van der Waals surface area contributed by atoms with Gasteiger partial charge in [0.15, 0.2) is 5.75 Å². The van der Waals surface area contributed by atoms with Gasteiger partial charge in [0.2, 0.25) is 0 Å². The van der Waals surface area contributed by atoms with E-state index in [4.69, 9.17) is 8.83 Å². The fraction of sp³-hybridized carbons (Fsp3) is 0.0400. The Balaban J connectivity index is 1.93. The van der Waals surface area contributed by atoms with Crippen LogP contribution in [0.25, 0.3) is 21.9 Å². The summed E-state index contributed by atoms with van der Waals surface area (Å²) in [5.74, 6) is -3.27. The zero-order valence-electron chi connectivity index (χ0n) is 17.7. The van der Waals surface area contributed by atoms with Gasteiger partial charge in [-0.15, -0.1) is 0 Å². The Labute approximate surface area is 194 Å². The van der Waals surface area contributed by atoms with Gasteiger partial charge < -0.3 is 24.2 Å². The summed E-state index contributed by atoms with van der Waals surface area (Å²) in [7, 11) is 0. The van der Waals surface area contributed by atoms with E-state index in [9.17, 15) is 35.0 Å². The monoisotopic (exact) mass is 473 g/mol. The second-order valence-electron chi connectivity index (χ2n) is 7.73. The van der Waals surface area contributed by atoms with E-state index in [1.807, 2.05) is 0 Å². The highest BCUT2D eigenvalue weighted by Gasteiger charge is 2.33. The SMILES string of the molecule is O=c1oc2ccccc2c(O)c1C(c1ccc(O)c([N+](=O)[O-])c1)c1c(O)c2ccccc2oc1=O. The van der Waals surface area contributed by atoms with E-state index in [0.29, 0.717) is 0 Å². The van der Waals surface area contributed by atoms with Crippen molar-refractivity contribution in [2.24, 2.45) is 0 Å². The summed E-state index contributed by atoms with van der Waals surface area (Å²) in [5, 5.41) is 43.9. The van der Waals surface area contributed by atoms with Gasteiger partial charge in [-0.3, -0.25) is 10.1 Å². The maximum absolute atomic E-state index is 13.1. The van der Waals surface area contributed by atoms with Crippen molar-refractivity contribution in [2.45, 2.75) is 5.92 Å². The summed E-state index contributed by atoms with van der Waals surface area (Å²) >= 11 is 0. The molecule has 0 spiro atoms. The second kappa shape index (κ2) is 8.03. The summed E-state index contributed by atoms with van der Waals surface area (Å²) < 4.78 is 10.7. The van der Waals surface area contributed by atoms with Crippen LogP contribution in [0.1, 0.15) is 22.6 Å². The number of fused-ring (bicyclic) bond motifs is 2. The van der Waals surface area contributed by atoms with Crippen molar-refractivity contribution in [3.8, 4) is 17.2 Å². The molecule has 5 aromatic rings. The molecule has 0 bridgehead atoms. The average molecular weight is 473 g/mol.